The van der Waals surface area contributed by atoms with Gasteiger partial charge in [0.05, 0.1) is 27.4 Å². The zero-order valence-corrected chi connectivity index (χ0v) is 35.3. The van der Waals surface area contributed by atoms with Crippen molar-refractivity contribution in [2.45, 2.75) is 103 Å². The van der Waals surface area contributed by atoms with Crippen LogP contribution in [0, 0.1) is 11.8 Å². The van der Waals surface area contributed by atoms with Gasteiger partial charge in [-0.15, -0.1) is 0 Å². The summed E-state index contributed by atoms with van der Waals surface area (Å²) in [7, 11) is 4.33. The molecular formula is C46H57N3O11. The van der Waals surface area contributed by atoms with Crippen molar-refractivity contribution in [3.8, 4) is 28.7 Å². The monoisotopic (exact) mass is 827 g/mol. The highest BCUT2D eigenvalue weighted by molar-refractivity contribution is 5.98. The van der Waals surface area contributed by atoms with Gasteiger partial charge in [-0.2, -0.15) is 0 Å². The number of cyclic esters (lactones) is 1. The Morgan fingerprint density at radius 2 is 1.67 bits per heavy atom. The van der Waals surface area contributed by atoms with E-state index in [-0.39, 0.29) is 75.4 Å². The van der Waals surface area contributed by atoms with Gasteiger partial charge in [0, 0.05) is 68.1 Å². The number of phenolic OH excluding ortho intramolecular Hbond substituents is 2. The van der Waals surface area contributed by atoms with Crippen LogP contribution in [0.1, 0.15) is 117 Å². The molecule has 3 N–H and O–H groups in total. The van der Waals surface area contributed by atoms with Crippen LogP contribution in [-0.4, -0.2) is 89.8 Å². The largest absolute Gasteiger partial charge is 0.507 e. The van der Waals surface area contributed by atoms with E-state index in [1.807, 2.05) is 19.9 Å². The highest BCUT2D eigenvalue weighted by atomic mass is 16.5. The van der Waals surface area contributed by atoms with Crippen molar-refractivity contribution >= 4 is 29.6 Å². The van der Waals surface area contributed by atoms with Crippen LogP contribution in [0.15, 0.2) is 47.3 Å². The minimum Gasteiger partial charge on any atom is -0.507 e. The molecule has 322 valence electrons. The first-order chi connectivity index (χ1) is 28.7. The second-order valence-electron chi connectivity index (χ2n) is 16.5. The van der Waals surface area contributed by atoms with E-state index in [4.69, 9.17) is 18.9 Å². The number of Topliss-reactive ketones (excluding diaryl/α,β-unsaturated/α-hetero) is 1. The second-order valence-corrected chi connectivity index (χ2v) is 16.5. The average molecular weight is 828 g/mol. The number of hydrogen-bond donors (Lipinski definition) is 3. The summed E-state index contributed by atoms with van der Waals surface area (Å²) in [5, 5.41) is 26.9. The summed E-state index contributed by atoms with van der Waals surface area (Å²) in [6.45, 7) is 6.78. The number of carbonyl (C=O) groups is 4. The van der Waals surface area contributed by atoms with Gasteiger partial charge >= 0.3 is 5.97 Å². The van der Waals surface area contributed by atoms with Crippen LogP contribution in [-0.2, 0) is 25.7 Å². The third-order valence-electron chi connectivity index (χ3n) is 11.9. The maximum Gasteiger partial charge on any atom is 0.342 e. The van der Waals surface area contributed by atoms with Crippen molar-refractivity contribution in [1.29, 1.82) is 0 Å². The lowest BCUT2D eigenvalue weighted by atomic mass is 9.82. The Balaban J connectivity index is 1.37. The summed E-state index contributed by atoms with van der Waals surface area (Å²) in [4.78, 5) is 69.4. The zero-order valence-electron chi connectivity index (χ0n) is 35.3. The molecule has 1 saturated heterocycles. The Hall–Kier alpha value is -5.79. The number of phenols is 2. The maximum atomic E-state index is 14.4. The number of methoxy groups -OCH3 is 3. The minimum absolute atomic E-state index is 0.0168. The number of rotatable bonds is 10. The van der Waals surface area contributed by atoms with E-state index in [1.165, 1.54) is 27.4 Å². The molecule has 60 heavy (non-hydrogen) atoms. The molecule has 4 heterocycles. The van der Waals surface area contributed by atoms with Gasteiger partial charge in [0.2, 0.25) is 17.6 Å². The number of benzene rings is 2. The molecule has 1 aromatic heterocycles. The van der Waals surface area contributed by atoms with Crippen LogP contribution in [0.5, 0.6) is 28.7 Å². The molecular weight excluding hydrogens is 771 g/mol. The molecule has 6 rings (SSSR count). The number of fused-ring (bicyclic) bond motifs is 5. The van der Waals surface area contributed by atoms with Crippen molar-refractivity contribution in [3.63, 3.8) is 0 Å². The van der Waals surface area contributed by atoms with Gasteiger partial charge in [-0.3, -0.25) is 19.2 Å². The van der Waals surface area contributed by atoms with Gasteiger partial charge in [0.15, 0.2) is 11.5 Å². The quantitative estimate of drug-likeness (QED) is 0.202. The van der Waals surface area contributed by atoms with Crippen molar-refractivity contribution in [1.82, 2.24) is 14.8 Å². The van der Waals surface area contributed by atoms with E-state index < -0.39 is 41.4 Å². The molecule has 1 fully saturated rings. The summed E-state index contributed by atoms with van der Waals surface area (Å²) in [5.41, 5.74) is 1.12. The number of piperidine rings is 1. The SMILES string of the molecule is COc1cc(C(CC(=O)N[C@H](C(=O)N2C[C@H]3C[C@@H](C2)c2cccc(=O)n2C3)C(C)C)c2c(O)cc3c(c2O)C(=O)O[C@@H](C)CCCC(=O)CCC/C=C/3)cc(OC)c1OC. The van der Waals surface area contributed by atoms with Crippen LogP contribution in [0.3, 0.4) is 0 Å². The second kappa shape index (κ2) is 19.1. The number of allylic oxidation sites excluding steroid dienone is 1. The van der Waals surface area contributed by atoms with Crippen molar-refractivity contribution in [3.05, 3.63) is 80.8 Å². The lowest BCUT2D eigenvalue weighted by Crippen LogP contribution is -2.56. The molecule has 3 aromatic rings. The Kier molecular flexibility index (Phi) is 13.9. The predicted octanol–water partition coefficient (Wildman–Crippen LogP) is 6.08. The van der Waals surface area contributed by atoms with E-state index in [9.17, 15) is 34.2 Å². The van der Waals surface area contributed by atoms with Gasteiger partial charge in [-0.1, -0.05) is 32.1 Å². The Morgan fingerprint density at radius 3 is 2.35 bits per heavy atom. The van der Waals surface area contributed by atoms with Gasteiger partial charge in [-0.25, -0.2) is 4.79 Å². The molecule has 3 aliphatic rings. The Bertz CT molecular complexity index is 2170. The first-order valence-electron chi connectivity index (χ1n) is 20.8. The third-order valence-corrected chi connectivity index (χ3v) is 11.9. The summed E-state index contributed by atoms with van der Waals surface area (Å²) in [5.74, 6) is -3.04. The maximum absolute atomic E-state index is 14.4. The normalized spacial score (nSPS) is 21.1. The zero-order chi connectivity index (χ0) is 43.2. The van der Waals surface area contributed by atoms with Crippen molar-refractivity contribution in [2.24, 2.45) is 11.8 Å². The smallest absolute Gasteiger partial charge is 0.342 e. The molecule has 5 atom stereocenters. The van der Waals surface area contributed by atoms with Crippen molar-refractivity contribution in [2.75, 3.05) is 34.4 Å². The molecule has 3 aliphatic heterocycles. The number of ether oxygens (including phenoxy) is 4. The fourth-order valence-electron chi connectivity index (χ4n) is 8.91. The van der Waals surface area contributed by atoms with Gasteiger partial charge in [0.25, 0.3) is 5.56 Å². The van der Waals surface area contributed by atoms with Crippen molar-refractivity contribution < 1.29 is 48.3 Å². The molecule has 14 nitrogen and oxygen atoms in total. The number of hydrogen-bond acceptors (Lipinski definition) is 11. The molecule has 2 amide bonds. The highest BCUT2D eigenvalue weighted by Gasteiger charge is 2.40. The predicted molar refractivity (Wildman–Crippen MR) is 224 cm³/mol. The Labute approximate surface area is 350 Å². The minimum atomic E-state index is -1.12. The summed E-state index contributed by atoms with van der Waals surface area (Å²) < 4.78 is 24.4. The van der Waals surface area contributed by atoms with E-state index in [1.54, 1.807) is 52.8 Å². The number of esters is 1. The third kappa shape index (κ3) is 9.48. The number of nitrogens with one attached hydrogen (secondary N) is 1. The standard InChI is InChI=1S/C46H57N3O11/c1-26(2)42(45(55)48-23-28-18-31(25-48)34-16-11-17-39(53)49(34)24-28)47-38(52)22-33(30-20-36(57-4)44(59-6)37(21-30)58-5)41-35(51)19-29-13-8-7-9-14-32(50)15-10-12-27(3)60-46(56)40(29)43(41)54/h8,11,13,16-17,19-21,26-28,31,33,42,51,54H,7,9-10,12,14-15,18,22-25H2,1-6H3,(H,47,52)/b13-8+/t27-,28+,31-,33?,42-/m0/s1. The molecule has 1 unspecified atom stereocenters. The molecule has 2 bridgehead atoms. The molecule has 0 spiro atoms. The average Bonchev–Trinajstić information content (AvgIpc) is 3.21. The van der Waals surface area contributed by atoms with Crippen LogP contribution < -0.4 is 25.1 Å². The number of amides is 2. The fraction of sp³-hybridized carbons (Fsp3) is 0.500. The molecule has 14 heteroatoms. The van der Waals surface area contributed by atoms with Crippen LogP contribution >= 0.6 is 0 Å². The molecule has 2 aromatic carbocycles. The number of carbonyl (C=O) groups excluding carboxylic acids is 4. The number of nitrogens with zero attached hydrogens (tertiary/aromatic N) is 2. The summed E-state index contributed by atoms with van der Waals surface area (Å²) in [6, 6.07) is 8.88. The molecule has 0 radical (unpaired) electrons. The van der Waals surface area contributed by atoms with Gasteiger partial charge < -0.3 is 43.9 Å². The van der Waals surface area contributed by atoms with Gasteiger partial charge in [0.1, 0.15) is 28.9 Å². The molecule has 0 saturated carbocycles. The highest BCUT2D eigenvalue weighted by Crippen LogP contribution is 2.48. The number of aromatic hydroxyl groups is 2. The van der Waals surface area contributed by atoms with E-state index in [2.05, 4.69) is 5.32 Å². The van der Waals surface area contributed by atoms with Crippen LogP contribution in [0.2, 0.25) is 0 Å². The summed E-state index contributed by atoms with van der Waals surface area (Å²) >= 11 is 0. The topological polar surface area (TPSA) is 183 Å². The lowest BCUT2D eigenvalue weighted by molar-refractivity contribution is -0.140. The van der Waals surface area contributed by atoms with Crippen LogP contribution in [0.4, 0.5) is 0 Å². The fourth-order valence-corrected chi connectivity index (χ4v) is 8.91. The number of likely N-dealkylation sites (tertiary alicyclic amines) is 1. The van der Waals surface area contributed by atoms with E-state index >= 15 is 0 Å². The first-order valence-corrected chi connectivity index (χ1v) is 20.8. The number of aromatic nitrogens is 1. The summed E-state index contributed by atoms with van der Waals surface area (Å²) in [6.07, 6.45) is 6.16. The number of pyridine rings is 1. The first kappa shape index (κ1) is 43.8. The van der Waals surface area contributed by atoms with E-state index in [0.717, 1.165) is 12.1 Å². The Morgan fingerprint density at radius 1 is 0.950 bits per heavy atom. The van der Waals surface area contributed by atoms with Gasteiger partial charge in [-0.05, 0) is 86.3 Å². The molecule has 0 aliphatic carbocycles. The van der Waals surface area contributed by atoms with Crippen LogP contribution in [0.25, 0.3) is 6.08 Å². The lowest BCUT2D eigenvalue weighted by Gasteiger charge is -2.44. The number of ketones is 1. The van der Waals surface area contributed by atoms with E-state index in [0.29, 0.717) is 63.7 Å².